The number of esters is 1. The van der Waals surface area contributed by atoms with Crippen molar-refractivity contribution in [1.29, 1.82) is 0 Å². The fourth-order valence-electron chi connectivity index (χ4n) is 2.18. The van der Waals surface area contributed by atoms with Crippen molar-refractivity contribution < 1.29 is 19.1 Å². The van der Waals surface area contributed by atoms with Crippen LogP contribution < -0.4 is 10.1 Å². The van der Waals surface area contributed by atoms with Crippen LogP contribution in [0.3, 0.4) is 0 Å². The first kappa shape index (κ1) is 12.4. The van der Waals surface area contributed by atoms with Crippen LogP contribution in [0.15, 0.2) is 24.3 Å². The number of carbonyl (C=O) groups is 2. The van der Waals surface area contributed by atoms with Gasteiger partial charge in [0, 0.05) is 12.5 Å². The number of carbonyl (C=O) groups excluding carboxylic acids is 2. The lowest BCUT2D eigenvalue weighted by molar-refractivity contribution is -0.149. The summed E-state index contributed by atoms with van der Waals surface area (Å²) in [5.41, 5.74) is 0.921. The Morgan fingerprint density at radius 1 is 1.28 bits per heavy atom. The summed E-state index contributed by atoms with van der Waals surface area (Å²) in [7, 11) is 2.88. The van der Waals surface area contributed by atoms with Gasteiger partial charge in [-0.05, 0) is 17.7 Å². The zero-order valence-corrected chi connectivity index (χ0v) is 10.3. The Morgan fingerprint density at radius 2 is 1.94 bits per heavy atom. The number of hydrogen-bond acceptors (Lipinski definition) is 4. The number of nitrogens with one attached hydrogen (secondary N) is 1. The van der Waals surface area contributed by atoms with Gasteiger partial charge in [-0.3, -0.25) is 9.59 Å². The first-order valence-corrected chi connectivity index (χ1v) is 5.67. The van der Waals surface area contributed by atoms with Crippen molar-refractivity contribution >= 4 is 11.9 Å². The molecule has 5 heteroatoms. The molecule has 1 aromatic carbocycles. The summed E-state index contributed by atoms with van der Waals surface area (Å²) in [6.07, 6.45) is 0. The molecule has 96 valence electrons. The number of hydrogen-bond donors (Lipinski definition) is 1. The molecule has 2 atom stereocenters. The van der Waals surface area contributed by atoms with E-state index in [1.54, 1.807) is 7.11 Å². The van der Waals surface area contributed by atoms with Gasteiger partial charge < -0.3 is 14.8 Å². The van der Waals surface area contributed by atoms with Crippen molar-refractivity contribution in [2.24, 2.45) is 5.92 Å². The van der Waals surface area contributed by atoms with Crippen LogP contribution in [-0.4, -0.2) is 32.6 Å². The summed E-state index contributed by atoms with van der Waals surface area (Å²) >= 11 is 0. The molecule has 0 radical (unpaired) electrons. The minimum atomic E-state index is -0.761. The first-order chi connectivity index (χ1) is 8.67. The second-order valence-corrected chi connectivity index (χ2v) is 4.13. The van der Waals surface area contributed by atoms with Crippen LogP contribution >= 0.6 is 0 Å². The van der Waals surface area contributed by atoms with E-state index in [4.69, 9.17) is 4.74 Å². The number of rotatable bonds is 3. The maximum atomic E-state index is 11.6. The topological polar surface area (TPSA) is 64.6 Å². The molecule has 0 bridgehead atoms. The molecule has 0 aromatic heterocycles. The maximum absolute atomic E-state index is 11.6. The Balaban J connectivity index is 2.25. The number of benzene rings is 1. The molecule has 1 aliphatic rings. The van der Waals surface area contributed by atoms with Gasteiger partial charge in [0.05, 0.1) is 14.2 Å². The van der Waals surface area contributed by atoms with E-state index in [-0.39, 0.29) is 11.8 Å². The highest BCUT2D eigenvalue weighted by atomic mass is 16.5. The van der Waals surface area contributed by atoms with Gasteiger partial charge in [0.1, 0.15) is 11.7 Å². The van der Waals surface area contributed by atoms with E-state index in [0.29, 0.717) is 6.54 Å². The highest BCUT2D eigenvalue weighted by Gasteiger charge is 2.41. The predicted octanol–water partition coefficient (Wildman–Crippen LogP) is 0.698. The van der Waals surface area contributed by atoms with E-state index in [1.807, 2.05) is 24.3 Å². The molecule has 2 rings (SSSR count). The van der Waals surface area contributed by atoms with Gasteiger partial charge in [-0.15, -0.1) is 0 Å². The Labute approximate surface area is 105 Å². The summed E-state index contributed by atoms with van der Waals surface area (Å²) in [6, 6.07) is 7.35. The minimum absolute atomic E-state index is 0.184. The fourth-order valence-corrected chi connectivity index (χ4v) is 2.18. The lowest BCUT2D eigenvalue weighted by Crippen LogP contribution is -2.28. The Hall–Kier alpha value is -2.04. The van der Waals surface area contributed by atoms with Crippen molar-refractivity contribution in [3.05, 3.63) is 29.8 Å². The lowest BCUT2D eigenvalue weighted by Gasteiger charge is -2.15. The monoisotopic (exact) mass is 249 g/mol. The van der Waals surface area contributed by atoms with Crippen molar-refractivity contribution in [3.8, 4) is 5.75 Å². The zero-order valence-electron chi connectivity index (χ0n) is 10.3. The van der Waals surface area contributed by atoms with Gasteiger partial charge in [0.2, 0.25) is 5.91 Å². The standard InChI is InChI=1S/C13H15NO4/c1-17-9-5-3-8(4-6-9)10-7-14-12(15)11(10)13(16)18-2/h3-6,10-11H,7H2,1-2H3,(H,14,15)/t10-,11?/m1/s1. The van der Waals surface area contributed by atoms with Crippen molar-refractivity contribution in [2.75, 3.05) is 20.8 Å². The largest absolute Gasteiger partial charge is 0.497 e. The second kappa shape index (κ2) is 5.08. The number of amides is 1. The third-order valence-electron chi connectivity index (χ3n) is 3.18. The molecule has 5 nitrogen and oxygen atoms in total. The van der Waals surface area contributed by atoms with Crippen LogP contribution in [0.5, 0.6) is 5.75 Å². The van der Waals surface area contributed by atoms with E-state index in [0.717, 1.165) is 11.3 Å². The minimum Gasteiger partial charge on any atom is -0.497 e. The van der Waals surface area contributed by atoms with E-state index < -0.39 is 11.9 Å². The highest BCUT2D eigenvalue weighted by Crippen LogP contribution is 2.30. The van der Waals surface area contributed by atoms with Crippen LogP contribution in [0.25, 0.3) is 0 Å². The quantitative estimate of drug-likeness (QED) is 0.632. The fraction of sp³-hybridized carbons (Fsp3) is 0.385. The molecule has 1 fully saturated rings. The van der Waals surface area contributed by atoms with Gasteiger partial charge in [-0.2, -0.15) is 0 Å². The van der Waals surface area contributed by atoms with Crippen molar-refractivity contribution in [1.82, 2.24) is 5.32 Å². The smallest absolute Gasteiger partial charge is 0.318 e. The average molecular weight is 249 g/mol. The van der Waals surface area contributed by atoms with Gasteiger partial charge in [0.25, 0.3) is 0 Å². The molecular formula is C13H15NO4. The van der Waals surface area contributed by atoms with Gasteiger partial charge in [-0.1, -0.05) is 12.1 Å². The second-order valence-electron chi connectivity index (χ2n) is 4.13. The van der Waals surface area contributed by atoms with Crippen LogP contribution in [0.1, 0.15) is 11.5 Å². The normalized spacial score (nSPS) is 22.4. The maximum Gasteiger partial charge on any atom is 0.318 e. The summed E-state index contributed by atoms with van der Waals surface area (Å²) in [5, 5.41) is 2.69. The summed E-state index contributed by atoms with van der Waals surface area (Å²) in [4.78, 5) is 23.3. The zero-order chi connectivity index (χ0) is 13.1. The molecule has 1 heterocycles. The van der Waals surface area contributed by atoms with E-state index >= 15 is 0 Å². The van der Waals surface area contributed by atoms with Crippen molar-refractivity contribution in [3.63, 3.8) is 0 Å². The molecule has 18 heavy (non-hydrogen) atoms. The molecule has 0 aliphatic carbocycles. The summed E-state index contributed by atoms with van der Waals surface area (Å²) < 4.78 is 9.75. The summed E-state index contributed by atoms with van der Waals surface area (Å²) in [6.45, 7) is 0.449. The summed E-state index contributed by atoms with van der Waals surface area (Å²) in [5.74, 6) is -0.974. The third kappa shape index (κ3) is 2.16. The van der Waals surface area contributed by atoms with E-state index in [9.17, 15) is 9.59 Å². The van der Waals surface area contributed by atoms with Crippen molar-refractivity contribution in [2.45, 2.75) is 5.92 Å². The van der Waals surface area contributed by atoms with Crippen LogP contribution in [0.2, 0.25) is 0 Å². The molecule has 1 unspecified atom stereocenters. The SMILES string of the molecule is COC(=O)C1C(=O)NC[C@@H]1c1ccc(OC)cc1. The first-order valence-electron chi connectivity index (χ1n) is 5.67. The van der Waals surface area contributed by atoms with Gasteiger partial charge >= 0.3 is 5.97 Å². The van der Waals surface area contributed by atoms with Gasteiger partial charge in [0.15, 0.2) is 0 Å². The number of ether oxygens (including phenoxy) is 2. The molecule has 0 spiro atoms. The Bertz CT molecular complexity index is 455. The molecule has 1 amide bonds. The predicted molar refractivity (Wildman–Crippen MR) is 64.3 cm³/mol. The molecule has 1 N–H and O–H groups in total. The Morgan fingerprint density at radius 3 is 2.50 bits per heavy atom. The van der Waals surface area contributed by atoms with E-state index in [1.165, 1.54) is 7.11 Å². The van der Waals surface area contributed by atoms with Crippen LogP contribution in [0.4, 0.5) is 0 Å². The molecule has 1 aliphatic heterocycles. The molecule has 0 saturated carbocycles. The lowest BCUT2D eigenvalue weighted by atomic mass is 9.88. The highest BCUT2D eigenvalue weighted by molar-refractivity contribution is 6.00. The Kier molecular flexibility index (Phi) is 3.50. The molecule has 1 aromatic rings. The number of methoxy groups -OCH3 is 2. The third-order valence-corrected chi connectivity index (χ3v) is 3.18. The van der Waals surface area contributed by atoms with E-state index in [2.05, 4.69) is 10.1 Å². The van der Waals surface area contributed by atoms with Gasteiger partial charge in [-0.25, -0.2) is 0 Å². The van der Waals surface area contributed by atoms with Crippen LogP contribution in [-0.2, 0) is 14.3 Å². The molecule has 1 saturated heterocycles. The van der Waals surface area contributed by atoms with Crippen LogP contribution in [0, 0.1) is 5.92 Å². The average Bonchev–Trinajstić information content (AvgIpc) is 2.80. The molecular weight excluding hydrogens is 234 g/mol.